The van der Waals surface area contributed by atoms with Gasteiger partial charge in [-0.1, -0.05) is 0 Å². The molecule has 0 amide bonds. The predicted octanol–water partition coefficient (Wildman–Crippen LogP) is 1.53. The van der Waals surface area contributed by atoms with E-state index in [1.807, 2.05) is 36.7 Å². The first-order chi connectivity index (χ1) is 9.51. The van der Waals surface area contributed by atoms with Gasteiger partial charge in [0, 0.05) is 32.0 Å². The van der Waals surface area contributed by atoms with Crippen LogP contribution in [0.3, 0.4) is 0 Å². The maximum absolute atomic E-state index is 4.48. The zero-order valence-electron chi connectivity index (χ0n) is 13.1. The van der Waals surface area contributed by atoms with Crippen molar-refractivity contribution in [2.45, 2.75) is 39.2 Å². The zero-order valence-corrected chi connectivity index (χ0v) is 13.1. The Morgan fingerprint density at radius 2 is 2.05 bits per heavy atom. The van der Waals surface area contributed by atoms with Crippen LogP contribution in [0.2, 0.25) is 0 Å². The minimum absolute atomic E-state index is 0.471. The summed E-state index contributed by atoms with van der Waals surface area (Å²) in [5.74, 6) is 0. The molecule has 0 aliphatic carbocycles. The first kappa shape index (κ1) is 14.8. The van der Waals surface area contributed by atoms with Gasteiger partial charge in [0.1, 0.15) is 0 Å². The third-order valence-electron chi connectivity index (χ3n) is 4.05. The predicted molar refractivity (Wildman–Crippen MR) is 80.8 cm³/mol. The van der Waals surface area contributed by atoms with Crippen molar-refractivity contribution in [1.29, 1.82) is 0 Å². The Kier molecular flexibility index (Phi) is 4.60. The lowest BCUT2D eigenvalue weighted by atomic mass is 10.00. The monoisotopic (exact) mass is 275 g/mol. The number of hydrogen-bond donors (Lipinski definition) is 1. The van der Waals surface area contributed by atoms with Crippen LogP contribution in [0.1, 0.15) is 28.9 Å². The molecule has 2 heterocycles. The maximum Gasteiger partial charge on any atom is 0.0628 e. The van der Waals surface area contributed by atoms with Crippen molar-refractivity contribution in [3.05, 3.63) is 34.9 Å². The summed E-state index contributed by atoms with van der Waals surface area (Å²) in [5.41, 5.74) is 5.10. The second-order valence-electron chi connectivity index (χ2n) is 5.52. The highest BCUT2D eigenvalue weighted by molar-refractivity contribution is 5.24. The van der Waals surface area contributed by atoms with Crippen LogP contribution in [0.15, 0.2) is 12.4 Å². The first-order valence-corrected chi connectivity index (χ1v) is 7.15. The van der Waals surface area contributed by atoms with Crippen molar-refractivity contribution in [2.75, 3.05) is 7.05 Å². The number of rotatable bonds is 6. The van der Waals surface area contributed by atoms with Crippen molar-refractivity contribution in [1.82, 2.24) is 24.9 Å². The van der Waals surface area contributed by atoms with E-state index in [-0.39, 0.29) is 0 Å². The number of nitrogens with one attached hydrogen (secondary N) is 1. The highest BCUT2D eigenvalue weighted by Gasteiger charge is 2.13. The molecular formula is C15H25N5. The van der Waals surface area contributed by atoms with Gasteiger partial charge in [-0.15, -0.1) is 0 Å². The summed E-state index contributed by atoms with van der Waals surface area (Å²) in [6, 6.07) is 0.471. The van der Waals surface area contributed by atoms with Gasteiger partial charge < -0.3 is 5.32 Å². The highest BCUT2D eigenvalue weighted by atomic mass is 15.3. The van der Waals surface area contributed by atoms with Crippen molar-refractivity contribution in [3.8, 4) is 0 Å². The Morgan fingerprint density at radius 1 is 1.30 bits per heavy atom. The number of likely N-dealkylation sites (N-methyl/N-ethyl adjacent to an activating group) is 1. The van der Waals surface area contributed by atoms with Gasteiger partial charge in [0.05, 0.1) is 11.9 Å². The molecule has 1 N–H and O–H groups in total. The number of hydrogen-bond acceptors (Lipinski definition) is 3. The average Bonchev–Trinajstić information content (AvgIpc) is 2.91. The third kappa shape index (κ3) is 3.28. The van der Waals surface area contributed by atoms with Crippen LogP contribution in [0.5, 0.6) is 0 Å². The summed E-state index contributed by atoms with van der Waals surface area (Å²) in [7, 11) is 6.00. The third-order valence-corrected chi connectivity index (χ3v) is 4.05. The van der Waals surface area contributed by atoms with E-state index in [4.69, 9.17) is 0 Å². The molecule has 0 aliphatic heterocycles. The van der Waals surface area contributed by atoms with Crippen LogP contribution in [0.25, 0.3) is 0 Å². The van der Waals surface area contributed by atoms with Crippen LogP contribution in [-0.2, 0) is 26.9 Å². The molecule has 0 bridgehead atoms. The summed E-state index contributed by atoms with van der Waals surface area (Å²) >= 11 is 0. The molecular weight excluding hydrogens is 250 g/mol. The molecule has 2 aromatic rings. The molecule has 0 saturated heterocycles. The standard InChI is InChI=1S/C15H25N5/c1-11-15(12(2)20(5)18-11)7-6-14(16-3)8-13-9-17-19(4)10-13/h9-10,14,16H,6-8H2,1-5H3. The summed E-state index contributed by atoms with van der Waals surface area (Å²) in [6.45, 7) is 4.24. The molecule has 2 rings (SSSR count). The zero-order chi connectivity index (χ0) is 14.7. The molecule has 0 aromatic carbocycles. The summed E-state index contributed by atoms with van der Waals surface area (Å²) in [4.78, 5) is 0. The van der Waals surface area contributed by atoms with Gasteiger partial charge in [-0.25, -0.2) is 0 Å². The van der Waals surface area contributed by atoms with Crippen LogP contribution in [-0.4, -0.2) is 32.7 Å². The molecule has 0 spiro atoms. The lowest BCUT2D eigenvalue weighted by Crippen LogP contribution is -2.28. The van der Waals surface area contributed by atoms with Gasteiger partial charge in [0.2, 0.25) is 0 Å². The van der Waals surface area contributed by atoms with Gasteiger partial charge in [-0.2, -0.15) is 10.2 Å². The minimum atomic E-state index is 0.471. The molecule has 1 atom stereocenters. The largest absolute Gasteiger partial charge is 0.317 e. The Balaban J connectivity index is 1.97. The van der Waals surface area contributed by atoms with Gasteiger partial charge in [0.15, 0.2) is 0 Å². The maximum atomic E-state index is 4.48. The fourth-order valence-corrected chi connectivity index (χ4v) is 2.71. The van der Waals surface area contributed by atoms with Crippen molar-refractivity contribution in [3.63, 3.8) is 0 Å². The molecule has 0 aliphatic rings. The highest BCUT2D eigenvalue weighted by Crippen LogP contribution is 2.16. The van der Waals surface area contributed by atoms with E-state index < -0.39 is 0 Å². The minimum Gasteiger partial charge on any atom is -0.317 e. The van der Waals surface area contributed by atoms with Crippen molar-refractivity contribution < 1.29 is 0 Å². The van der Waals surface area contributed by atoms with E-state index in [2.05, 4.69) is 35.6 Å². The van der Waals surface area contributed by atoms with E-state index in [0.717, 1.165) is 25.0 Å². The molecule has 110 valence electrons. The van der Waals surface area contributed by atoms with E-state index in [9.17, 15) is 0 Å². The first-order valence-electron chi connectivity index (χ1n) is 7.15. The normalized spacial score (nSPS) is 12.8. The SMILES string of the molecule is CNC(CCc1c(C)nn(C)c1C)Cc1cnn(C)c1. The summed E-state index contributed by atoms with van der Waals surface area (Å²) in [6.07, 6.45) is 7.23. The quantitative estimate of drug-likeness (QED) is 0.870. The second kappa shape index (κ2) is 6.22. The van der Waals surface area contributed by atoms with E-state index >= 15 is 0 Å². The second-order valence-corrected chi connectivity index (χ2v) is 5.52. The molecule has 5 heteroatoms. The van der Waals surface area contributed by atoms with Crippen LogP contribution in [0, 0.1) is 13.8 Å². The molecule has 0 radical (unpaired) electrons. The van der Waals surface area contributed by atoms with Crippen LogP contribution >= 0.6 is 0 Å². The van der Waals surface area contributed by atoms with Gasteiger partial charge in [-0.05, 0) is 51.3 Å². The van der Waals surface area contributed by atoms with Gasteiger partial charge in [0.25, 0.3) is 0 Å². The fourth-order valence-electron chi connectivity index (χ4n) is 2.71. The Morgan fingerprint density at radius 3 is 2.55 bits per heavy atom. The summed E-state index contributed by atoms with van der Waals surface area (Å²) < 4.78 is 3.83. The summed E-state index contributed by atoms with van der Waals surface area (Å²) in [5, 5.41) is 12.1. The lowest BCUT2D eigenvalue weighted by Gasteiger charge is -2.15. The fraction of sp³-hybridized carbons (Fsp3) is 0.600. The Bertz CT molecular complexity index is 567. The number of aromatic nitrogens is 4. The Hall–Kier alpha value is -1.62. The van der Waals surface area contributed by atoms with Crippen LogP contribution < -0.4 is 5.32 Å². The molecule has 0 fully saturated rings. The van der Waals surface area contributed by atoms with Crippen LogP contribution in [0.4, 0.5) is 0 Å². The molecule has 5 nitrogen and oxygen atoms in total. The average molecular weight is 275 g/mol. The van der Waals surface area contributed by atoms with Crippen molar-refractivity contribution >= 4 is 0 Å². The van der Waals surface area contributed by atoms with Gasteiger partial charge >= 0.3 is 0 Å². The molecule has 2 aromatic heterocycles. The number of nitrogens with zero attached hydrogens (tertiary/aromatic N) is 4. The number of aryl methyl sites for hydroxylation is 3. The lowest BCUT2D eigenvalue weighted by molar-refractivity contribution is 0.519. The topological polar surface area (TPSA) is 47.7 Å². The van der Waals surface area contributed by atoms with Gasteiger partial charge in [-0.3, -0.25) is 9.36 Å². The molecule has 20 heavy (non-hydrogen) atoms. The van der Waals surface area contributed by atoms with Crippen molar-refractivity contribution in [2.24, 2.45) is 14.1 Å². The van der Waals surface area contributed by atoms with E-state index in [1.54, 1.807) is 0 Å². The van der Waals surface area contributed by atoms with E-state index in [0.29, 0.717) is 6.04 Å². The molecule has 1 unspecified atom stereocenters. The smallest absolute Gasteiger partial charge is 0.0628 e. The Labute approximate surface area is 121 Å². The molecule has 0 saturated carbocycles. The van der Waals surface area contributed by atoms with E-state index in [1.165, 1.54) is 16.8 Å².